The van der Waals surface area contributed by atoms with Gasteiger partial charge in [0.15, 0.2) is 0 Å². The largest absolute Gasteiger partial charge is 0.497 e. The van der Waals surface area contributed by atoms with E-state index in [-0.39, 0.29) is 35.5 Å². The number of ether oxygens (including phenoxy) is 2. The lowest BCUT2D eigenvalue weighted by Gasteiger charge is -2.37. The van der Waals surface area contributed by atoms with E-state index in [1.165, 1.54) is 12.0 Å². The standard InChI is InChI=1S/C22H24N2O5/c1-10(20(25)23-16-7-4-11(28-2)8-17(16)29-3)24-21(26)18-12-5-6-13(15-9-14(12)15)19(18)22(24)27/h4-8,10,12-15,18-19H,9H2,1-3H3,(H,23,25)/t10-,12-,13-,14-,15-,18-,19+/m1/s1. The van der Waals surface area contributed by atoms with Crippen LogP contribution in [0.3, 0.4) is 0 Å². The highest BCUT2D eigenvalue weighted by Crippen LogP contribution is 2.65. The van der Waals surface area contributed by atoms with Crippen molar-refractivity contribution in [3.8, 4) is 11.5 Å². The summed E-state index contributed by atoms with van der Waals surface area (Å²) in [4.78, 5) is 40.4. The quantitative estimate of drug-likeness (QED) is 0.609. The molecule has 152 valence electrons. The van der Waals surface area contributed by atoms with Crippen LogP contribution in [0.5, 0.6) is 11.5 Å². The number of methoxy groups -OCH3 is 2. The zero-order valence-corrected chi connectivity index (χ0v) is 16.6. The Morgan fingerprint density at radius 1 is 1.07 bits per heavy atom. The van der Waals surface area contributed by atoms with Crippen molar-refractivity contribution in [1.29, 1.82) is 0 Å². The zero-order chi connectivity index (χ0) is 20.4. The lowest BCUT2D eigenvalue weighted by atomic mass is 9.63. The van der Waals surface area contributed by atoms with E-state index in [0.29, 0.717) is 29.0 Å². The van der Waals surface area contributed by atoms with E-state index in [1.54, 1.807) is 32.2 Å². The van der Waals surface area contributed by atoms with Crippen LogP contribution < -0.4 is 14.8 Å². The molecule has 2 bridgehead atoms. The SMILES string of the molecule is COc1ccc(NC(=O)[C@@H](C)N2C(=O)[C@@H]3[C@@H]4C=C[C@H]([C@H]5C[C@H]45)[C@@H]3C2=O)c(OC)c1. The van der Waals surface area contributed by atoms with Crippen LogP contribution in [0.25, 0.3) is 0 Å². The van der Waals surface area contributed by atoms with Crippen LogP contribution in [0, 0.1) is 35.5 Å². The van der Waals surface area contributed by atoms with E-state index in [0.717, 1.165) is 6.42 Å². The van der Waals surface area contributed by atoms with Crippen molar-refractivity contribution in [2.45, 2.75) is 19.4 Å². The maximum Gasteiger partial charge on any atom is 0.247 e. The van der Waals surface area contributed by atoms with Gasteiger partial charge < -0.3 is 14.8 Å². The van der Waals surface area contributed by atoms with Gasteiger partial charge in [-0.15, -0.1) is 0 Å². The highest BCUT2D eigenvalue weighted by atomic mass is 16.5. The maximum atomic E-state index is 13.2. The van der Waals surface area contributed by atoms with Crippen LogP contribution in [-0.2, 0) is 14.4 Å². The normalized spacial score (nSPS) is 34.5. The van der Waals surface area contributed by atoms with E-state index in [9.17, 15) is 14.4 Å². The number of carbonyl (C=O) groups excluding carboxylic acids is 3. The fourth-order valence-corrected chi connectivity index (χ4v) is 5.62. The predicted molar refractivity (Wildman–Crippen MR) is 104 cm³/mol. The second kappa shape index (κ2) is 6.34. The summed E-state index contributed by atoms with van der Waals surface area (Å²) in [5.41, 5.74) is 0.463. The van der Waals surface area contributed by atoms with Crippen LogP contribution in [-0.4, -0.2) is 42.9 Å². The Labute approximate surface area is 169 Å². The molecule has 5 aliphatic rings. The lowest BCUT2D eigenvalue weighted by Crippen LogP contribution is -2.46. The topological polar surface area (TPSA) is 84.9 Å². The van der Waals surface area contributed by atoms with Crippen molar-refractivity contribution in [2.24, 2.45) is 35.5 Å². The van der Waals surface area contributed by atoms with Crippen molar-refractivity contribution in [3.63, 3.8) is 0 Å². The van der Waals surface area contributed by atoms with E-state index >= 15 is 0 Å². The van der Waals surface area contributed by atoms with Crippen LogP contribution in [0.4, 0.5) is 5.69 Å². The third kappa shape index (κ3) is 2.52. The van der Waals surface area contributed by atoms with Gasteiger partial charge in [0.05, 0.1) is 31.7 Å². The lowest BCUT2D eigenvalue weighted by molar-refractivity contribution is -0.146. The Balaban J connectivity index is 1.36. The van der Waals surface area contributed by atoms with Crippen molar-refractivity contribution >= 4 is 23.4 Å². The van der Waals surface area contributed by atoms with Gasteiger partial charge in [0.25, 0.3) is 0 Å². The molecular formula is C22H24N2O5. The first-order chi connectivity index (χ1) is 14.0. The Bertz CT molecular complexity index is 905. The summed E-state index contributed by atoms with van der Waals surface area (Å²) in [5, 5.41) is 2.79. The third-order valence-corrected chi connectivity index (χ3v) is 7.13. The number of imide groups is 1. The number of nitrogens with one attached hydrogen (secondary N) is 1. The Morgan fingerprint density at radius 3 is 2.24 bits per heavy atom. The molecule has 3 amide bonds. The highest BCUT2D eigenvalue weighted by molar-refractivity contribution is 6.10. The number of allylic oxidation sites excluding steroid dienone is 2. The molecule has 7 heteroatoms. The average molecular weight is 396 g/mol. The van der Waals surface area contributed by atoms with E-state index < -0.39 is 11.9 Å². The number of likely N-dealkylation sites (tertiary alicyclic amines) is 1. The van der Waals surface area contributed by atoms with Gasteiger partial charge in [0.1, 0.15) is 17.5 Å². The number of nitrogens with zero attached hydrogens (tertiary/aromatic N) is 1. The van der Waals surface area contributed by atoms with Crippen LogP contribution in [0.1, 0.15) is 13.3 Å². The van der Waals surface area contributed by atoms with Crippen LogP contribution in [0.2, 0.25) is 0 Å². The first kappa shape index (κ1) is 18.2. The molecule has 0 radical (unpaired) electrons. The van der Waals surface area contributed by atoms with Gasteiger partial charge in [-0.3, -0.25) is 19.3 Å². The summed E-state index contributed by atoms with van der Waals surface area (Å²) in [6.45, 7) is 1.61. The number of anilines is 1. The van der Waals surface area contributed by atoms with Gasteiger partial charge in [-0.05, 0) is 49.1 Å². The van der Waals surface area contributed by atoms with Crippen molar-refractivity contribution in [1.82, 2.24) is 4.90 Å². The Morgan fingerprint density at radius 2 is 1.69 bits per heavy atom. The molecule has 0 aromatic heterocycles. The molecular weight excluding hydrogens is 372 g/mol. The Hall–Kier alpha value is -2.83. The smallest absolute Gasteiger partial charge is 0.247 e. The first-order valence-electron chi connectivity index (χ1n) is 10.0. The summed E-state index contributed by atoms with van der Waals surface area (Å²) >= 11 is 0. The second-order valence-electron chi connectivity index (χ2n) is 8.43. The summed E-state index contributed by atoms with van der Waals surface area (Å²) < 4.78 is 10.5. The zero-order valence-electron chi connectivity index (χ0n) is 16.6. The van der Waals surface area contributed by atoms with Crippen LogP contribution in [0.15, 0.2) is 30.4 Å². The molecule has 1 saturated heterocycles. The van der Waals surface area contributed by atoms with Crippen LogP contribution >= 0.6 is 0 Å². The molecule has 2 saturated carbocycles. The summed E-state index contributed by atoms with van der Waals surface area (Å²) in [5.74, 6) is 0.998. The summed E-state index contributed by atoms with van der Waals surface area (Å²) in [6, 6.07) is 4.16. The summed E-state index contributed by atoms with van der Waals surface area (Å²) in [6.07, 6.45) is 5.37. The number of hydrogen-bond acceptors (Lipinski definition) is 5. The van der Waals surface area contributed by atoms with Gasteiger partial charge in [-0.1, -0.05) is 12.2 Å². The molecule has 7 atom stereocenters. The molecule has 0 unspecified atom stereocenters. The number of amides is 3. The maximum absolute atomic E-state index is 13.2. The second-order valence-corrected chi connectivity index (χ2v) is 8.43. The molecule has 1 aromatic carbocycles. The van der Waals surface area contributed by atoms with Crippen molar-refractivity contribution < 1.29 is 23.9 Å². The minimum atomic E-state index is -0.886. The monoisotopic (exact) mass is 396 g/mol. The molecule has 4 aliphatic carbocycles. The molecule has 1 heterocycles. The number of benzene rings is 1. The molecule has 3 fully saturated rings. The van der Waals surface area contributed by atoms with Gasteiger partial charge in [-0.2, -0.15) is 0 Å². The minimum absolute atomic E-state index is 0.147. The summed E-state index contributed by atoms with van der Waals surface area (Å²) in [7, 11) is 3.05. The fourth-order valence-electron chi connectivity index (χ4n) is 5.62. The van der Waals surface area contributed by atoms with E-state index in [4.69, 9.17) is 9.47 Å². The molecule has 1 aliphatic heterocycles. The molecule has 6 rings (SSSR count). The molecule has 0 spiro atoms. The molecule has 1 aromatic rings. The average Bonchev–Trinajstić information content (AvgIpc) is 3.51. The van der Waals surface area contributed by atoms with E-state index in [1.807, 2.05) is 0 Å². The first-order valence-corrected chi connectivity index (χ1v) is 10.0. The highest BCUT2D eigenvalue weighted by Gasteiger charge is 2.67. The number of hydrogen-bond donors (Lipinski definition) is 1. The molecule has 29 heavy (non-hydrogen) atoms. The predicted octanol–water partition coefficient (Wildman–Crippen LogP) is 2.08. The number of carbonyl (C=O) groups is 3. The van der Waals surface area contributed by atoms with Gasteiger partial charge >= 0.3 is 0 Å². The fraction of sp³-hybridized carbons (Fsp3) is 0.500. The number of rotatable bonds is 5. The van der Waals surface area contributed by atoms with Crippen molar-refractivity contribution in [3.05, 3.63) is 30.4 Å². The van der Waals surface area contributed by atoms with Crippen molar-refractivity contribution in [2.75, 3.05) is 19.5 Å². The molecule has 7 nitrogen and oxygen atoms in total. The van der Waals surface area contributed by atoms with Gasteiger partial charge in [0.2, 0.25) is 17.7 Å². The minimum Gasteiger partial charge on any atom is -0.497 e. The third-order valence-electron chi connectivity index (χ3n) is 7.13. The van der Waals surface area contributed by atoms with Gasteiger partial charge in [-0.25, -0.2) is 0 Å². The van der Waals surface area contributed by atoms with Gasteiger partial charge in [0, 0.05) is 6.07 Å². The Kier molecular flexibility index (Phi) is 3.98. The van der Waals surface area contributed by atoms with E-state index in [2.05, 4.69) is 17.5 Å². The molecule has 1 N–H and O–H groups in total.